The van der Waals surface area contributed by atoms with Crippen molar-refractivity contribution in [1.82, 2.24) is 5.32 Å². The molecule has 0 aromatic rings. The van der Waals surface area contributed by atoms with E-state index in [1.165, 1.54) is 0 Å². The zero-order valence-electron chi connectivity index (χ0n) is 7.64. The van der Waals surface area contributed by atoms with Gasteiger partial charge in [0, 0.05) is 6.04 Å². The van der Waals surface area contributed by atoms with Crippen molar-refractivity contribution in [2.24, 2.45) is 5.92 Å². The van der Waals surface area contributed by atoms with Crippen molar-refractivity contribution in [1.29, 1.82) is 0 Å². The predicted octanol–water partition coefficient (Wildman–Crippen LogP) is 2.07. The summed E-state index contributed by atoms with van der Waals surface area (Å²) in [6.07, 6.45) is 3.15. The second-order valence-electron chi connectivity index (χ2n) is 3.66. The van der Waals surface area contributed by atoms with Gasteiger partial charge in [-0.05, 0) is 25.2 Å². The lowest BCUT2D eigenvalue weighted by atomic mass is 9.82. The molecular weight excluding hydrogens is 218 g/mol. The summed E-state index contributed by atoms with van der Waals surface area (Å²) in [6.45, 7) is 4.22. The Hall–Kier alpha value is -0.0500. The molecule has 0 radical (unpaired) electrons. The lowest BCUT2D eigenvalue weighted by Gasteiger charge is -2.33. The highest BCUT2D eigenvalue weighted by molar-refractivity contribution is 9.10. The van der Waals surface area contributed by atoms with Crippen LogP contribution in [0.5, 0.6) is 0 Å². The van der Waals surface area contributed by atoms with Crippen LogP contribution in [0.25, 0.3) is 0 Å². The Morgan fingerprint density at radius 1 is 1.67 bits per heavy atom. The van der Waals surface area contributed by atoms with Gasteiger partial charge in [0.05, 0.1) is 4.83 Å². The molecule has 0 aromatic carbocycles. The smallest absolute Gasteiger partial charge is 0.233 e. The van der Waals surface area contributed by atoms with Crippen LogP contribution in [0.4, 0.5) is 0 Å². The van der Waals surface area contributed by atoms with E-state index in [-0.39, 0.29) is 10.7 Å². The van der Waals surface area contributed by atoms with E-state index in [1.807, 2.05) is 6.92 Å². The van der Waals surface area contributed by atoms with Crippen LogP contribution in [0.15, 0.2) is 0 Å². The minimum atomic E-state index is -0.00611. The molecule has 0 saturated heterocycles. The monoisotopic (exact) mass is 233 g/mol. The Morgan fingerprint density at radius 3 is 2.67 bits per heavy atom. The summed E-state index contributed by atoms with van der Waals surface area (Å²) in [5.74, 6) is 0.945. The maximum Gasteiger partial charge on any atom is 0.233 e. The number of alkyl halides is 1. The van der Waals surface area contributed by atoms with E-state index in [0.717, 1.165) is 25.2 Å². The third-order valence-corrected chi connectivity index (χ3v) is 3.43. The second kappa shape index (κ2) is 4.26. The van der Waals surface area contributed by atoms with E-state index < -0.39 is 0 Å². The molecule has 1 fully saturated rings. The van der Waals surface area contributed by atoms with Gasteiger partial charge in [0.1, 0.15) is 0 Å². The van der Waals surface area contributed by atoms with Gasteiger partial charge in [-0.15, -0.1) is 0 Å². The van der Waals surface area contributed by atoms with Crippen molar-refractivity contribution in [3.05, 3.63) is 0 Å². The van der Waals surface area contributed by atoms with Gasteiger partial charge in [-0.2, -0.15) is 0 Å². The first-order valence-electron chi connectivity index (χ1n) is 4.58. The fourth-order valence-corrected chi connectivity index (χ4v) is 1.63. The zero-order valence-corrected chi connectivity index (χ0v) is 9.23. The lowest BCUT2D eigenvalue weighted by Crippen LogP contribution is -2.45. The molecule has 1 rings (SSSR count). The van der Waals surface area contributed by atoms with Crippen molar-refractivity contribution < 1.29 is 4.79 Å². The number of carbonyl (C=O) groups is 1. The van der Waals surface area contributed by atoms with Gasteiger partial charge >= 0.3 is 0 Å². The quantitative estimate of drug-likeness (QED) is 0.744. The molecule has 0 heterocycles. The fraction of sp³-hybridized carbons (Fsp3) is 0.889. The van der Waals surface area contributed by atoms with Crippen LogP contribution in [0.2, 0.25) is 0 Å². The molecule has 1 amide bonds. The summed E-state index contributed by atoms with van der Waals surface area (Å²) in [6, 6.07) is 0.444. The Kier molecular flexibility index (Phi) is 3.56. The van der Waals surface area contributed by atoms with Crippen LogP contribution in [-0.2, 0) is 4.79 Å². The summed E-state index contributed by atoms with van der Waals surface area (Å²) < 4.78 is 0. The van der Waals surface area contributed by atoms with Gasteiger partial charge in [0.2, 0.25) is 5.91 Å². The number of carbonyl (C=O) groups excluding carboxylic acids is 1. The first kappa shape index (κ1) is 10.0. The maximum absolute atomic E-state index is 11.3. The lowest BCUT2D eigenvalue weighted by molar-refractivity contribution is -0.122. The van der Waals surface area contributed by atoms with E-state index in [0.29, 0.717) is 6.04 Å². The molecule has 3 heteroatoms. The molecule has 1 aliphatic carbocycles. The molecule has 12 heavy (non-hydrogen) atoms. The number of rotatable bonds is 3. The molecule has 1 aliphatic rings. The van der Waals surface area contributed by atoms with Gasteiger partial charge in [0.15, 0.2) is 0 Å². The minimum absolute atomic E-state index is 0.00611. The zero-order chi connectivity index (χ0) is 9.14. The number of amides is 1. The topological polar surface area (TPSA) is 29.1 Å². The molecule has 0 spiro atoms. The molecule has 0 aromatic heterocycles. The summed E-state index contributed by atoms with van der Waals surface area (Å²) in [5, 5.41) is 3.01. The molecule has 0 bridgehead atoms. The van der Waals surface area contributed by atoms with E-state index in [9.17, 15) is 4.79 Å². The highest BCUT2D eigenvalue weighted by atomic mass is 79.9. The van der Waals surface area contributed by atoms with Gasteiger partial charge in [-0.3, -0.25) is 4.79 Å². The number of hydrogen-bond donors (Lipinski definition) is 1. The molecule has 1 N–H and O–H groups in total. The first-order valence-corrected chi connectivity index (χ1v) is 5.49. The van der Waals surface area contributed by atoms with Crippen LogP contribution in [0, 0.1) is 5.92 Å². The van der Waals surface area contributed by atoms with E-state index in [2.05, 4.69) is 28.2 Å². The van der Waals surface area contributed by atoms with Crippen LogP contribution < -0.4 is 5.32 Å². The maximum atomic E-state index is 11.3. The highest BCUT2D eigenvalue weighted by Crippen LogP contribution is 2.26. The third kappa shape index (κ3) is 2.47. The second-order valence-corrected chi connectivity index (χ2v) is 4.76. The summed E-state index contributed by atoms with van der Waals surface area (Å²) >= 11 is 3.33. The predicted molar refractivity (Wildman–Crippen MR) is 53.3 cm³/mol. The van der Waals surface area contributed by atoms with E-state index >= 15 is 0 Å². The largest absolute Gasteiger partial charge is 0.352 e. The number of nitrogens with one attached hydrogen (secondary N) is 1. The molecule has 2 nitrogen and oxygen atoms in total. The molecule has 0 aliphatic heterocycles. The molecule has 0 unspecified atom stereocenters. The highest BCUT2D eigenvalue weighted by Gasteiger charge is 2.27. The molecular formula is C9H16BrNO. The Balaban J connectivity index is 2.18. The van der Waals surface area contributed by atoms with Gasteiger partial charge in [-0.25, -0.2) is 0 Å². The molecule has 1 saturated carbocycles. The van der Waals surface area contributed by atoms with Crippen LogP contribution in [0.1, 0.15) is 33.1 Å². The Bertz CT molecular complexity index is 166. The average Bonchev–Trinajstić information content (AvgIpc) is 2.00. The first-order chi connectivity index (χ1) is 5.63. The van der Waals surface area contributed by atoms with Gasteiger partial charge in [0.25, 0.3) is 0 Å². The normalized spacial score (nSPS) is 30.6. The molecule has 70 valence electrons. The van der Waals surface area contributed by atoms with Crippen LogP contribution >= 0.6 is 15.9 Å². The summed E-state index contributed by atoms with van der Waals surface area (Å²) in [5.41, 5.74) is 0. The standard InChI is InChI=1S/C9H16BrNO/c1-3-8(10)9(12)11-7-4-6(2)5-7/h6-8H,3-5H2,1-2H3,(H,11,12)/t6?,7?,8-/m0/s1. The van der Waals surface area contributed by atoms with Crippen molar-refractivity contribution in [2.75, 3.05) is 0 Å². The molecule has 1 atom stereocenters. The van der Waals surface area contributed by atoms with Crippen LogP contribution in [-0.4, -0.2) is 16.8 Å². The average molecular weight is 234 g/mol. The number of hydrogen-bond acceptors (Lipinski definition) is 1. The van der Waals surface area contributed by atoms with E-state index in [1.54, 1.807) is 0 Å². The minimum Gasteiger partial charge on any atom is -0.352 e. The SMILES string of the molecule is CC[C@H](Br)C(=O)NC1CC(C)C1. The van der Waals surface area contributed by atoms with E-state index in [4.69, 9.17) is 0 Å². The Labute approximate surface area is 82.2 Å². The summed E-state index contributed by atoms with van der Waals surface area (Å²) in [4.78, 5) is 11.3. The fourth-order valence-electron chi connectivity index (χ4n) is 1.50. The van der Waals surface area contributed by atoms with Crippen molar-refractivity contribution in [2.45, 2.75) is 44.0 Å². The third-order valence-electron chi connectivity index (χ3n) is 2.36. The van der Waals surface area contributed by atoms with Crippen molar-refractivity contribution >= 4 is 21.8 Å². The van der Waals surface area contributed by atoms with Gasteiger partial charge in [-0.1, -0.05) is 29.8 Å². The van der Waals surface area contributed by atoms with Gasteiger partial charge < -0.3 is 5.32 Å². The number of halogens is 1. The van der Waals surface area contributed by atoms with Crippen molar-refractivity contribution in [3.63, 3.8) is 0 Å². The van der Waals surface area contributed by atoms with Crippen molar-refractivity contribution in [3.8, 4) is 0 Å². The Morgan fingerprint density at radius 2 is 2.25 bits per heavy atom. The summed E-state index contributed by atoms with van der Waals surface area (Å²) in [7, 11) is 0. The van der Waals surface area contributed by atoms with Crippen LogP contribution in [0.3, 0.4) is 0 Å².